The number of hydrogen-bond donors (Lipinski definition) is 0. The van der Waals surface area contributed by atoms with Gasteiger partial charge in [0.05, 0.1) is 16.6 Å². The van der Waals surface area contributed by atoms with Crippen molar-refractivity contribution < 1.29 is 4.42 Å². The van der Waals surface area contributed by atoms with E-state index < -0.39 is 0 Å². The molecule has 13 aromatic rings. The molecule has 0 amide bonds. The van der Waals surface area contributed by atoms with Gasteiger partial charge in [0.25, 0.3) is 0 Å². The number of fused-ring (bicyclic) bond motifs is 7. The molecule has 0 fully saturated rings. The lowest BCUT2D eigenvalue weighted by Gasteiger charge is -2.11. The van der Waals surface area contributed by atoms with Crippen LogP contribution < -0.4 is 0 Å². The second-order valence-corrected chi connectivity index (χ2v) is 17.7. The first-order valence-electron chi connectivity index (χ1n) is 23.5. The molecule has 4 aromatic heterocycles. The lowest BCUT2D eigenvalue weighted by atomic mass is 9.96. The average Bonchev–Trinajstić information content (AvgIpc) is 4.06. The maximum atomic E-state index is 6.58. The summed E-state index contributed by atoms with van der Waals surface area (Å²) in [6, 6.07) is 74.6. The van der Waals surface area contributed by atoms with E-state index >= 15 is 0 Å². The van der Waals surface area contributed by atoms with Gasteiger partial charge < -0.3 is 13.6 Å². The second kappa shape index (κ2) is 16.7. The zero-order valence-electron chi connectivity index (χ0n) is 38.3. The summed E-state index contributed by atoms with van der Waals surface area (Å²) in [6.07, 6.45) is 6.02. The third kappa shape index (κ3) is 6.84. The van der Waals surface area contributed by atoms with Gasteiger partial charge in [0.1, 0.15) is 11.2 Å². The molecule has 9 aromatic carbocycles. The molecular formula is C64H43N5O. The van der Waals surface area contributed by atoms with E-state index in [0.717, 1.165) is 88.8 Å². The maximum Gasteiger partial charge on any atom is 0.164 e. The number of furan rings is 1. The van der Waals surface area contributed by atoms with Gasteiger partial charge in [-0.05, 0) is 114 Å². The number of allylic oxidation sites excluding steroid dienone is 2. The van der Waals surface area contributed by atoms with E-state index in [2.05, 4.69) is 180 Å². The maximum absolute atomic E-state index is 6.58. The van der Waals surface area contributed by atoms with Gasteiger partial charge in [-0.15, -0.1) is 0 Å². The van der Waals surface area contributed by atoms with Crippen molar-refractivity contribution in [3.63, 3.8) is 0 Å². The molecule has 0 aliphatic heterocycles. The highest BCUT2D eigenvalue weighted by Gasteiger charge is 2.20. The summed E-state index contributed by atoms with van der Waals surface area (Å²) in [5.41, 5.74) is 17.0. The molecule has 4 heterocycles. The Morgan fingerprint density at radius 1 is 0.414 bits per heavy atom. The van der Waals surface area contributed by atoms with Crippen LogP contribution in [0.4, 0.5) is 0 Å². The van der Waals surface area contributed by atoms with Crippen LogP contribution in [0.15, 0.2) is 235 Å². The fourth-order valence-electron chi connectivity index (χ4n) is 10.3. The standard InChI is InChI=1S/C64H43N5O/c1-3-4-23-50-41(2)68(48-21-12-7-13-22-48)57-36-31-47(40-53(50)57)51-25-16-27-60-61(51)55-39-46(32-37-59(55)70-60)45-30-35-58-54(38-45)52-24-14-15-26-56(52)69(58)49-33-28-44(29-34-49)64-66-62(42-17-8-5-9-18-42)65-63(67-64)43-19-10-6-11-20-43/h3-40H,1H2,2H3/b23-4-. The van der Waals surface area contributed by atoms with Crippen LogP contribution in [0.25, 0.3) is 129 Å². The molecule has 0 radical (unpaired) electrons. The molecule has 6 nitrogen and oxygen atoms in total. The summed E-state index contributed by atoms with van der Waals surface area (Å²) in [5.74, 6) is 1.91. The van der Waals surface area contributed by atoms with Gasteiger partial charge in [0.15, 0.2) is 17.5 Å². The van der Waals surface area contributed by atoms with E-state index in [-0.39, 0.29) is 0 Å². The summed E-state index contributed by atoms with van der Waals surface area (Å²) >= 11 is 0. The van der Waals surface area contributed by atoms with Crippen molar-refractivity contribution in [2.24, 2.45) is 0 Å². The van der Waals surface area contributed by atoms with Crippen LogP contribution in [0, 0.1) is 6.92 Å². The van der Waals surface area contributed by atoms with Crippen molar-refractivity contribution in [1.82, 2.24) is 24.1 Å². The third-order valence-corrected chi connectivity index (χ3v) is 13.6. The number of benzene rings is 9. The van der Waals surface area contributed by atoms with Crippen LogP contribution in [0.5, 0.6) is 0 Å². The molecule has 13 rings (SSSR count). The van der Waals surface area contributed by atoms with Crippen LogP contribution in [0.1, 0.15) is 11.3 Å². The normalized spacial score (nSPS) is 11.8. The highest BCUT2D eigenvalue weighted by atomic mass is 16.3. The average molecular weight is 898 g/mol. The van der Waals surface area contributed by atoms with E-state index in [1.807, 2.05) is 72.8 Å². The molecule has 70 heavy (non-hydrogen) atoms. The molecule has 6 heteroatoms. The second-order valence-electron chi connectivity index (χ2n) is 17.7. The summed E-state index contributed by atoms with van der Waals surface area (Å²) in [7, 11) is 0. The number of rotatable bonds is 9. The zero-order chi connectivity index (χ0) is 46.7. The zero-order valence-corrected chi connectivity index (χ0v) is 38.3. The number of nitrogens with zero attached hydrogens (tertiary/aromatic N) is 5. The van der Waals surface area contributed by atoms with Gasteiger partial charge >= 0.3 is 0 Å². The van der Waals surface area contributed by atoms with Gasteiger partial charge in [-0.3, -0.25) is 0 Å². The monoisotopic (exact) mass is 897 g/mol. The molecule has 0 saturated heterocycles. The van der Waals surface area contributed by atoms with Crippen molar-refractivity contribution in [1.29, 1.82) is 0 Å². The number of aromatic nitrogens is 5. The minimum atomic E-state index is 0.626. The molecule has 0 saturated carbocycles. The molecule has 0 aliphatic carbocycles. The Bertz CT molecular complexity index is 4120. The van der Waals surface area contributed by atoms with Crippen LogP contribution >= 0.6 is 0 Å². The Balaban J connectivity index is 0.893. The first-order valence-corrected chi connectivity index (χ1v) is 23.5. The first-order chi connectivity index (χ1) is 34.6. The largest absolute Gasteiger partial charge is 0.456 e. The Hall–Kier alpha value is -9.39. The smallest absolute Gasteiger partial charge is 0.164 e. The lowest BCUT2D eigenvalue weighted by Crippen LogP contribution is -2.00. The van der Waals surface area contributed by atoms with Crippen molar-refractivity contribution in [2.45, 2.75) is 6.92 Å². The quantitative estimate of drug-likeness (QED) is 0.135. The summed E-state index contributed by atoms with van der Waals surface area (Å²) < 4.78 is 11.3. The molecule has 0 N–H and O–H groups in total. The van der Waals surface area contributed by atoms with Gasteiger partial charge in [0, 0.05) is 66.3 Å². The highest BCUT2D eigenvalue weighted by molar-refractivity contribution is 6.15. The highest BCUT2D eigenvalue weighted by Crippen LogP contribution is 2.42. The van der Waals surface area contributed by atoms with Gasteiger partial charge in [-0.25, -0.2) is 15.0 Å². The predicted octanol–water partition coefficient (Wildman–Crippen LogP) is 16.7. The molecule has 0 atom stereocenters. The molecule has 0 bridgehead atoms. The van der Waals surface area contributed by atoms with E-state index in [1.165, 1.54) is 27.4 Å². The van der Waals surface area contributed by atoms with E-state index in [1.54, 1.807) is 0 Å². The number of para-hydroxylation sites is 2. The molecule has 0 aliphatic rings. The van der Waals surface area contributed by atoms with E-state index in [9.17, 15) is 0 Å². The van der Waals surface area contributed by atoms with Crippen molar-refractivity contribution >= 4 is 60.7 Å². The Morgan fingerprint density at radius 3 is 1.63 bits per heavy atom. The Kier molecular flexibility index (Phi) is 9.77. The van der Waals surface area contributed by atoms with Crippen molar-refractivity contribution in [3.05, 3.63) is 242 Å². The molecular weight excluding hydrogens is 855 g/mol. The molecule has 0 unspecified atom stereocenters. The topological polar surface area (TPSA) is 61.7 Å². The predicted molar refractivity (Wildman–Crippen MR) is 289 cm³/mol. The van der Waals surface area contributed by atoms with Crippen molar-refractivity contribution in [3.8, 4) is 67.8 Å². The van der Waals surface area contributed by atoms with E-state index in [4.69, 9.17) is 19.4 Å². The van der Waals surface area contributed by atoms with Crippen molar-refractivity contribution in [2.75, 3.05) is 0 Å². The van der Waals surface area contributed by atoms with Crippen LogP contribution in [0.3, 0.4) is 0 Å². The Labute approximate surface area is 404 Å². The molecule has 0 spiro atoms. The fraction of sp³-hybridized carbons (Fsp3) is 0.0156. The third-order valence-electron chi connectivity index (χ3n) is 13.6. The lowest BCUT2D eigenvalue weighted by molar-refractivity contribution is 0.669. The summed E-state index contributed by atoms with van der Waals surface area (Å²) in [6.45, 7) is 6.15. The van der Waals surface area contributed by atoms with Gasteiger partial charge in [-0.1, -0.05) is 152 Å². The van der Waals surface area contributed by atoms with Crippen LogP contribution in [-0.4, -0.2) is 24.1 Å². The first kappa shape index (κ1) is 40.8. The van der Waals surface area contributed by atoms with Crippen LogP contribution in [-0.2, 0) is 0 Å². The van der Waals surface area contributed by atoms with Crippen LogP contribution in [0.2, 0.25) is 0 Å². The van der Waals surface area contributed by atoms with Gasteiger partial charge in [0.2, 0.25) is 0 Å². The fourth-order valence-corrected chi connectivity index (χ4v) is 10.3. The summed E-state index contributed by atoms with van der Waals surface area (Å²) in [4.78, 5) is 14.8. The summed E-state index contributed by atoms with van der Waals surface area (Å²) in [5, 5.41) is 5.74. The SMILES string of the molecule is C=C/C=C\c1c(C)n(-c2ccccc2)c2ccc(-c3cccc4oc5ccc(-c6ccc7c(c6)c6ccccc6n7-c6ccc(-c7nc(-c8ccccc8)nc(-c8ccccc8)n7)cc6)cc5c34)cc12. The molecule has 330 valence electrons. The van der Waals surface area contributed by atoms with Gasteiger partial charge in [-0.2, -0.15) is 0 Å². The minimum absolute atomic E-state index is 0.626. The minimum Gasteiger partial charge on any atom is -0.456 e. The Morgan fingerprint density at radius 2 is 0.943 bits per heavy atom. The van der Waals surface area contributed by atoms with E-state index in [0.29, 0.717) is 17.5 Å². The number of hydrogen-bond acceptors (Lipinski definition) is 4.